The SMILES string of the molecule is CCC(C(=O)O)n1c(=NC(=O)c2cc(OC)cc(OC)c2)sc2ccc(Cl)cc21. The Hall–Kier alpha value is -2.84. The van der Waals surface area contributed by atoms with Crippen LogP contribution in [-0.4, -0.2) is 35.8 Å². The highest BCUT2D eigenvalue weighted by Gasteiger charge is 2.22. The number of amides is 1. The number of carbonyl (C=O) groups excluding carboxylic acids is 1. The van der Waals surface area contributed by atoms with Crippen LogP contribution in [0.3, 0.4) is 0 Å². The number of ether oxygens (including phenoxy) is 2. The molecule has 0 saturated carbocycles. The van der Waals surface area contributed by atoms with E-state index in [-0.39, 0.29) is 10.4 Å². The fraction of sp³-hybridized carbons (Fsp3) is 0.250. The molecule has 0 aliphatic heterocycles. The number of nitrogens with zero attached hydrogens (tertiary/aromatic N) is 2. The van der Waals surface area contributed by atoms with E-state index in [1.807, 2.05) is 0 Å². The molecule has 1 heterocycles. The van der Waals surface area contributed by atoms with Gasteiger partial charge in [-0.2, -0.15) is 4.99 Å². The first-order valence-electron chi connectivity index (χ1n) is 8.73. The van der Waals surface area contributed by atoms with Gasteiger partial charge in [-0.3, -0.25) is 4.79 Å². The molecule has 1 unspecified atom stereocenters. The summed E-state index contributed by atoms with van der Waals surface area (Å²) in [5.74, 6) is -0.635. The zero-order chi connectivity index (χ0) is 21.1. The van der Waals surface area contributed by atoms with Crippen LogP contribution in [0.5, 0.6) is 11.5 Å². The number of aliphatic carboxylic acids is 1. The number of fused-ring (bicyclic) bond motifs is 1. The fourth-order valence-corrected chi connectivity index (χ4v) is 4.16. The van der Waals surface area contributed by atoms with E-state index in [4.69, 9.17) is 21.1 Å². The maximum atomic E-state index is 12.9. The number of halogens is 1. The molecule has 0 aliphatic rings. The predicted octanol–water partition coefficient (Wildman–Crippen LogP) is 4.15. The zero-order valence-corrected chi connectivity index (χ0v) is 17.6. The van der Waals surface area contributed by atoms with E-state index in [0.29, 0.717) is 28.5 Å². The third-order valence-corrected chi connectivity index (χ3v) is 5.64. The Bertz CT molecular complexity index is 1130. The summed E-state index contributed by atoms with van der Waals surface area (Å²) in [7, 11) is 2.98. The molecule has 1 amide bonds. The summed E-state index contributed by atoms with van der Waals surface area (Å²) in [6, 6.07) is 9.05. The van der Waals surface area contributed by atoms with E-state index < -0.39 is 17.9 Å². The number of methoxy groups -OCH3 is 2. The Morgan fingerprint density at radius 2 is 1.83 bits per heavy atom. The lowest BCUT2D eigenvalue weighted by Crippen LogP contribution is -2.27. The number of carbonyl (C=O) groups is 2. The number of hydrogen-bond donors (Lipinski definition) is 1. The second-order valence-electron chi connectivity index (χ2n) is 6.15. The molecule has 3 rings (SSSR count). The van der Waals surface area contributed by atoms with Gasteiger partial charge in [0.1, 0.15) is 17.5 Å². The highest BCUT2D eigenvalue weighted by Crippen LogP contribution is 2.26. The minimum Gasteiger partial charge on any atom is -0.497 e. The van der Waals surface area contributed by atoms with Crippen LogP contribution in [0.25, 0.3) is 10.2 Å². The van der Waals surface area contributed by atoms with Gasteiger partial charge in [-0.05, 0) is 36.8 Å². The van der Waals surface area contributed by atoms with Gasteiger partial charge in [-0.15, -0.1) is 0 Å². The van der Waals surface area contributed by atoms with Crippen LogP contribution in [0.2, 0.25) is 5.02 Å². The summed E-state index contributed by atoms with van der Waals surface area (Å²) in [4.78, 5) is 29.2. The van der Waals surface area contributed by atoms with Gasteiger partial charge in [0, 0.05) is 16.7 Å². The monoisotopic (exact) mass is 434 g/mol. The minimum atomic E-state index is -1.01. The van der Waals surface area contributed by atoms with Gasteiger partial charge < -0.3 is 19.1 Å². The first kappa shape index (κ1) is 20.9. The van der Waals surface area contributed by atoms with Gasteiger partial charge in [0.05, 0.1) is 24.4 Å². The molecule has 0 saturated heterocycles. The number of carboxylic acid groups (broad SMARTS) is 1. The van der Waals surface area contributed by atoms with E-state index in [1.165, 1.54) is 25.6 Å². The van der Waals surface area contributed by atoms with Crippen molar-refractivity contribution in [2.45, 2.75) is 19.4 Å². The van der Waals surface area contributed by atoms with Gasteiger partial charge >= 0.3 is 5.97 Å². The molecule has 2 aromatic carbocycles. The van der Waals surface area contributed by atoms with Crippen LogP contribution in [0.4, 0.5) is 0 Å². The Morgan fingerprint density at radius 3 is 2.38 bits per heavy atom. The van der Waals surface area contributed by atoms with Crippen LogP contribution in [0.1, 0.15) is 29.7 Å². The lowest BCUT2D eigenvalue weighted by Gasteiger charge is -2.13. The van der Waals surface area contributed by atoms with Gasteiger partial charge in [0.2, 0.25) is 0 Å². The largest absolute Gasteiger partial charge is 0.497 e. The fourth-order valence-electron chi connectivity index (χ4n) is 2.94. The second-order valence-corrected chi connectivity index (χ2v) is 7.59. The maximum Gasteiger partial charge on any atom is 0.326 e. The van der Waals surface area contributed by atoms with E-state index >= 15 is 0 Å². The summed E-state index contributed by atoms with van der Waals surface area (Å²) in [5.41, 5.74) is 0.887. The summed E-state index contributed by atoms with van der Waals surface area (Å²) in [6.07, 6.45) is 0.321. The summed E-state index contributed by atoms with van der Waals surface area (Å²) < 4.78 is 12.7. The van der Waals surface area contributed by atoms with Crippen molar-refractivity contribution in [3.05, 3.63) is 51.8 Å². The van der Waals surface area contributed by atoms with Crippen molar-refractivity contribution >= 4 is 45.0 Å². The van der Waals surface area contributed by atoms with E-state index in [2.05, 4.69) is 4.99 Å². The van der Waals surface area contributed by atoms with Crippen LogP contribution in [0, 0.1) is 0 Å². The molecule has 9 heteroatoms. The average molecular weight is 435 g/mol. The van der Waals surface area contributed by atoms with E-state index in [0.717, 1.165) is 4.70 Å². The Morgan fingerprint density at radius 1 is 1.17 bits per heavy atom. The molecule has 29 heavy (non-hydrogen) atoms. The molecule has 1 N–H and O–H groups in total. The van der Waals surface area contributed by atoms with Crippen LogP contribution in [0.15, 0.2) is 41.4 Å². The molecule has 3 aromatic rings. The molecule has 0 bridgehead atoms. The molecule has 152 valence electrons. The predicted molar refractivity (Wildman–Crippen MR) is 111 cm³/mol. The minimum absolute atomic E-state index is 0.270. The van der Waals surface area contributed by atoms with Crippen molar-refractivity contribution < 1.29 is 24.2 Å². The van der Waals surface area contributed by atoms with Gasteiger partial charge in [0.15, 0.2) is 4.80 Å². The number of thiazole rings is 1. The van der Waals surface area contributed by atoms with Crippen LogP contribution < -0.4 is 14.3 Å². The summed E-state index contributed by atoms with van der Waals surface area (Å²) >= 11 is 7.34. The molecule has 0 fully saturated rings. The topological polar surface area (TPSA) is 90.1 Å². The molecule has 1 aromatic heterocycles. The third kappa shape index (κ3) is 4.28. The Kier molecular flexibility index (Phi) is 6.24. The van der Waals surface area contributed by atoms with E-state index in [1.54, 1.807) is 47.9 Å². The van der Waals surface area contributed by atoms with Crippen molar-refractivity contribution in [3.63, 3.8) is 0 Å². The highest BCUT2D eigenvalue weighted by molar-refractivity contribution is 7.16. The lowest BCUT2D eigenvalue weighted by molar-refractivity contribution is -0.140. The third-order valence-electron chi connectivity index (χ3n) is 4.37. The molecular weight excluding hydrogens is 416 g/mol. The van der Waals surface area contributed by atoms with Crippen molar-refractivity contribution in [1.82, 2.24) is 4.57 Å². The summed E-state index contributed by atoms with van der Waals surface area (Å²) in [6.45, 7) is 1.76. The number of carboxylic acids is 1. The molecule has 0 radical (unpaired) electrons. The van der Waals surface area contributed by atoms with Crippen molar-refractivity contribution in [2.75, 3.05) is 14.2 Å². The number of aromatic nitrogens is 1. The first-order valence-corrected chi connectivity index (χ1v) is 9.93. The average Bonchev–Trinajstić information content (AvgIpc) is 3.04. The Balaban J connectivity index is 2.22. The van der Waals surface area contributed by atoms with Gasteiger partial charge in [-0.25, -0.2) is 4.79 Å². The normalized spacial score (nSPS) is 12.8. The standard InChI is InChI=1S/C20H19ClN2O5S/c1-4-15(19(25)26)23-16-9-12(21)5-6-17(16)29-20(23)22-18(24)11-7-13(27-2)10-14(8-11)28-3/h5-10,15H,4H2,1-3H3,(H,25,26). The van der Waals surface area contributed by atoms with Gasteiger partial charge in [-0.1, -0.05) is 29.9 Å². The van der Waals surface area contributed by atoms with Gasteiger partial charge in [0.25, 0.3) is 5.91 Å². The quantitative estimate of drug-likeness (QED) is 0.629. The molecule has 0 aliphatic carbocycles. The van der Waals surface area contributed by atoms with Crippen molar-refractivity contribution in [3.8, 4) is 11.5 Å². The highest BCUT2D eigenvalue weighted by atomic mass is 35.5. The first-order chi connectivity index (χ1) is 13.9. The number of rotatable bonds is 6. The zero-order valence-electron chi connectivity index (χ0n) is 16.0. The molecule has 0 spiro atoms. The number of hydrogen-bond acceptors (Lipinski definition) is 5. The van der Waals surface area contributed by atoms with Crippen molar-refractivity contribution in [2.24, 2.45) is 4.99 Å². The van der Waals surface area contributed by atoms with Crippen molar-refractivity contribution in [1.29, 1.82) is 0 Å². The molecular formula is C20H19ClN2O5S. The lowest BCUT2D eigenvalue weighted by atomic mass is 10.2. The molecule has 7 nitrogen and oxygen atoms in total. The maximum absolute atomic E-state index is 12.9. The smallest absolute Gasteiger partial charge is 0.326 e. The van der Waals surface area contributed by atoms with E-state index in [9.17, 15) is 14.7 Å². The molecule has 1 atom stereocenters. The Labute approximate surface area is 175 Å². The summed E-state index contributed by atoms with van der Waals surface area (Å²) in [5, 5.41) is 10.1. The number of benzene rings is 2. The van der Waals surface area contributed by atoms with Crippen LogP contribution >= 0.6 is 22.9 Å². The van der Waals surface area contributed by atoms with Crippen LogP contribution in [-0.2, 0) is 4.79 Å². The second kappa shape index (κ2) is 8.67.